The number of benzene rings is 1. The molecule has 0 saturated carbocycles. The SMILES string of the molecule is CCNC(=NCC(=O)N(C)CC(F)(F)F)NCC(C)Sc1ccccc1. The molecule has 0 aliphatic heterocycles. The van der Waals surface area contributed by atoms with Crippen LogP contribution in [0.4, 0.5) is 13.2 Å². The lowest BCUT2D eigenvalue weighted by molar-refractivity contribution is -0.157. The third-order valence-electron chi connectivity index (χ3n) is 3.20. The Kier molecular flexibility index (Phi) is 9.32. The number of halogens is 3. The largest absolute Gasteiger partial charge is 0.406 e. The van der Waals surface area contributed by atoms with Crippen LogP contribution in [0.5, 0.6) is 0 Å². The topological polar surface area (TPSA) is 56.7 Å². The van der Waals surface area contributed by atoms with Gasteiger partial charge >= 0.3 is 6.18 Å². The molecule has 5 nitrogen and oxygen atoms in total. The summed E-state index contributed by atoms with van der Waals surface area (Å²) in [6, 6.07) is 9.94. The van der Waals surface area contributed by atoms with E-state index in [1.165, 1.54) is 0 Å². The van der Waals surface area contributed by atoms with Gasteiger partial charge < -0.3 is 15.5 Å². The summed E-state index contributed by atoms with van der Waals surface area (Å²) in [5.41, 5.74) is 0. The minimum absolute atomic E-state index is 0.241. The predicted molar refractivity (Wildman–Crippen MR) is 99.4 cm³/mol. The van der Waals surface area contributed by atoms with Crippen LogP contribution in [0.15, 0.2) is 40.2 Å². The number of nitrogens with one attached hydrogen (secondary N) is 2. The number of thioether (sulfide) groups is 1. The van der Waals surface area contributed by atoms with Gasteiger partial charge in [-0.3, -0.25) is 4.79 Å². The smallest absolute Gasteiger partial charge is 0.357 e. The summed E-state index contributed by atoms with van der Waals surface area (Å²) in [6.45, 7) is 3.47. The molecule has 0 heterocycles. The van der Waals surface area contributed by atoms with Crippen molar-refractivity contribution in [2.45, 2.75) is 30.2 Å². The van der Waals surface area contributed by atoms with E-state index in [0.29, 0.717) is 23.9 Å². The highest BCUT2D eigenvalue weighted by Crippen LogP contribution is 2.21. The number of aliphatic imine (C=N–C) groups is 1. The highest BCUT2D eigenvalue weighted by Gasteiger charge is 2.31. The molecule has 0 radical (unpaired) electrons. The molecule has 0 aromatic heterocycles. The molecule has 0 fully saturated rings. The number of nitrogens with zero attached hydrogens (tertiary/aromatic N) is 2. The molecule has 0 aliphatic rings. The van der Waals surface area contributed by atoms with E-state index in [4.69, 9.17) is 0 Å². The summed E-state index contributed by atoms with van der Waals surface area (Å²) in [5.74, 6) is -0.284. The Morgan fingerprint density at radius 1 is 1.27 bits per heavy atom. The number of guanidine groups is 1. The minimum atomic E-state index is -4.42. The number of hydrogen-bond acceptors (Lipinski definition) is 3. The van der Waals surface area contributed by atoms with Crippen LogP contribution in [0.3, 0.4) is 0 Å². The van der Waals surface area contributed by atoms with Gasteiger partial charge in [-0.15, -0.1) is 11.8 Å². The van der Waals surface area contributed by atoms with Gasteiger partial charge in [-0.1, -0.05) is 25.1 Å². The van der Waals surface area contributed by atoms with E-state index >= 15 is 0 Å². The van der Waals surface area contributed by atoms with Crippen molar-refractivity contribution in [3.05, 3.63) is 30.3 Å². The molecule has 2 N–H and O–H groups in total. The zero-order valence-corrected chi connectivity index (χ0v) is 16.0. The third-order valence-corrected chi connectivity index (χ3v) is 4.31. The monoisotopic (exact) mass is 390 g/mol. The van der Waals surface area contributed by atoms with Crippen LogP contribution >= 0.6 is 11.8 Å². The van der Waals surface area contributed by atoms with Crippen LogP contribution in [0.25, 0.3) is 0 Å². The lowest BCUT2D eigenvalue weighted by Gasteiger charge is -2.19. The number of rotatable bonds is 8. The van der Waals surface area contributed by atoms with Crippen LogP contribution in [0, 0.1) is 0 Å². The molecule has 1 aromatic carbocycles. The van der Waals surface area contributed by atoms with Crippen LogP contribution in [0.2, 0.25) is 0 Å². The maximum atomic E-state index is 12.3. The Bertz CT molecular complexity index is 581. The second kappa shape index (κ2) is 10.9. The van der Waals surface area contributed by atoms with Crippen molar-refractivity contribution < 1.29 is 18.0 Å². The minimum Gasteiger partial charge on any atom is -0.357 e. The lowest BCUT2D eigenvalue weighted by Crippen LogP contribution is -2.41. The summed E-state index contributed by atoms with van der Waals surface area (Å²) in [4.78, 5) is 17.6. The van der Waals surface area contributed by atoms with Crippen molar-refractivity contribution in [1.82, 2.24) is 15.5 Å². The number of alkyl halides is 3. The van der Waals surface area contributed by atoms with Crippen LogP contribution in [0.1, 0.15) is 13.8 Å². The summed E-state index contributed by atoms with van der Waals surface area (Å²) in [5, 5.41) is 6.33. The van der Waals surface area contributed by atoms with Crippen LogP contribution < -0.4 is 10.6 Å². The fraction of sp³-hybridized carbons (Fsp3) is 0.529. The van der Waals surface area contributed by atoms with E-state index in [9.17, 15) is 18.0 Å². The molecule has 1 amide bonds. The Morgan fingerprint density at radius 3 is 2.50 bits per heavy atom. The molecule has 0 spiro atoms. The van der Waals surface area contributed by atoms with Gasteiger partial charge in [0.25, 0.3) is 0 Å². The number of amides is 1. The average Bonchev–Trinajstić information content (AvgIpc) is 2.56. The molecule has 1 aromatic rings. The Balaban J connectivity index is 2.51. The lowest BCUT2D eigenvalue weighted by atomic mass is 10.4. The van der Waals surface area contributed by atoms with E-state index in [1.54, 1.807) is 11.8 Å². The molecule has 1 rings (SSSR count). The molecule has 146 valence electrons. The van der Waals surface area contributed by atoms with E-state index in [1.807, 2.05) is 37.3 Å². The van der Waals surface area contributed by atoms with Crippen molar-refractivity contribution in [1.29, 1.82) is 0 Å². The van der Waals surface area contributed by atoms with Crippen molar-refractivity contribution in [2.75, 3.05) is 33.2 Å². The van der Waals surface area contributed by atoms with E-state index in [-0.39, 0.29) is 11.8 Å². The molecular weight excluding hydrogens is 365 g/mol. The van der Waals surface area contributed by atoms with Crippen LogP contribution in [-0.4, -0.2) is 61.4 Å². The van der Waals surface area contributed by atoms with Gasteiger partial charge in [0, 0.05) is 30.3 Å². The number of likely N-dealkylation sites (N-methyl/N-ethyl adjacent to an activating group) is 1. The van der Waals surface area contributed by atoms with Gasteiger partial charge in [0.05, 0.1) is 0 Å². The third kappa shape index (κ3) is 9.55. The van der Waals surface area contributed by atoms with E-state index in [0.717, 1.165) is 11.9 Å². The first kappa shape index (κ1) is 22.1. The summed E-state index contributed by atoms with van der Waals surface area (Å²) in [6.07, 6.45) is -4.42. The van der Waals surface area contributed by atoms with Gasteiger partial charge in [0.2, 0.25) is 5.91 Å². The predicted octanol–water partition coefficient (Wildman–Crippen LogP) is 2.74. The van der Waals surface area contributed by atoms with Gasteiger partial charge in [-0.05, 0) is 19.1 Å². The highest BCUT2D eigenvalue weighted by molar-refractivity contribution is 8.00. The highest BCUT2D eigenvalue weighted by atomic mass is 32.2. The van der Waals surface area contributed by atoms with Crippen molar-refractivity contribution in [2.24, 2.45) is 4.99 Å². The second-order valence-corrected chi connectivity index (χ2v) is 7.19. The van der Waals surface area contributed by atoms with E-state index < -0.39 is 18.6 Å². The Hall–Kier alpha value is -1.90. The van der Waals surface area contributed by atoms with Gasteiger partial charge in [0.1, 0.15) is 13.1 Å². The van der Waals surface area contributed by atoms with Gasteiger partial charge in [0.15, 0.2) is 5.96 Å². The zero-order chi connectivity index (χ0) is 19.6. The molecule has 9 heteroatoms. The fourth-order valence-corrected chi connectivity index (χ4v) is 2.93. The standard InChI is InChI=1S/C17H25F3N4OS/c1-4-21-16(23-11-15(25)24(3)12-17(18,19)20)22-10-13(2)26-14-8-6-5-7-9-14/h5-9,13H,4,10-12H2,1-3H3,(H2,21,22,23). The van der Waals surface area contributed by atoms with E-state index in [2.05, 4.69) is 22.5 Å². The number of carbonyl (C=O) groups excluding carboxylic acids is 1. The molecular formula is C17H25F3N4OS. The average molecular weight is 390 g/mol. The zero-order valence-electron chi connectivity index (χ0n) is 15.1. The molecule has 26 heavy (non-hydrogen) atoms. The molecule has 0 bridgehead atoms. The summed E-state index contributed by atoms with van der Waals surface area (Å²) in [7, 11) is 1.12. The maximum absolute atomic E-state index is 12.3. The van der Waals surface area contributed by atoms with Crippen molar-refractivity contribution >= 4 is 23.6 Å². The first-order chi connectivity index (χ1) is 12.2. The van der Waals surface area contributed by atoms with Crippen LogP contribution in [-0.2, 0) is 4.79 Å². The molecule has 0 aliphatic carbocycles. The summed E-state index contributed by atoms with van der Waals surface area (Å²) < 4.78 is 37.0. The molecule has 0 saturated heterocycles. The fourth-order valence-electron chi connectivity index (χ4n) is 1.98. The number of carbonyl (C=O) groups is 1. The summed E-state index contributed by atoms with van der Waals surface area (Å²) >= 11 is 1.69. The maximum Gasteiger partial charge on any atom is 0.406 e. The first-order valence-corrected chi connectivity index (χ1v) is 9.14. The number of hydrogen-bond donors (Lipinski definition) is 2. The van der Waals surface area contributed by atoms with Gasteiger partial charge in [-0.25, -0.2) is 4.99 Å². The Labute approximate surface area is 156 Å². The van der Waals surface area contributed by atoms with Crippen molar-refractivity contribution in [3.8, 4) is 0 Å². The Morgan fingerprint density at radius 2 is 1.92 bits per heavy atom. The first-order valence-electron chi connectivity index (χ1n) is 8.26. The quantitative estimate of drug-likeness (QED) is 0.407. The normalized spacial score (nSPS) is 13.2. The molecule has 1 atom stereocenters. The molecule has 1 unspecified atom stereocenters. The van der Waals surface area contributed by atoms with Gasteiger partial charge in [-0.2, -0.15) is 13.2 Å². The van der Waals surface area contributed by atoms with Crippen molar-refractivity contribution in [3.63, 3.8) is 0 Å². The second-order valence-electron chi connectivity index (χ2n) is 5.68.